The quantitative estimate of drug-likeness (QED) is 0.674. The number of fused-ring (bicyclic) bond motifs is 3. The standard InChI is InChI=1S/C15H16N2/c1-15(2,16)17-13-9-5-3-7-11(13)12-8-4-6-10-14(12)17/h3-10H,16H2,1-2H3. The maximum absolute atomic E-state index is 6.30. The van der Waals surface area contributed by atoms with E-state index in [1.165, 1.54) is 21.8 Å². The van der Waals surface area contributed by atoms with Crippen LogP contribution >= 0.6 is 0 Å². The first-order valence-electron chi connectivity index (χ1n) is 5.86. The third-order valence-corrected chi connectivity index (χ3v) is 3.16. The number of rotatable bonds is 1. The minimum atomic E-state index is -0.400. The van der Waals surface area contributed by atoms with Crippen LogP contribution in [0, 0.1) is 0 Å². The van der Waals surface area contributed by atoms with E-state index in [0.29, 0.717) is 0 Å². The fraction of sp³-hybridized carbons (Fsp3) is 0.200. The molecule has 2 N–H and O–H groups in total. The molecule has 3 aromatic rings. The van der Waals surface area contributed by atoms with E-state index in [2.05, 4.69) is 53.1 Å². The van der Waals surface area contributed by atoms with Crippen LogP contribution in [0.3, 0.4) is 0 Å². The molecule has 17 heavy (non-hydrogen) atoms. The predicted octanol–water partition coefficient (Wildman–Crippen LogP) is 3.45. The van der Waals surface area contributed by atoms with Gasteiger partial charge in [0.15, 0.2) is 0 Å². The Morgan fingerprint density at radius 2 is 1.24 bits per heavy atom. The van der Waals surface area contributed by atoms with Gasteiger partial charge in [-0.3, -0.25) is 0 Å². The Hall–Kier alpha value is -1.80. The molecule has 86 valence electrons. The van der Waals surface area contributed by atoms with E-state index in [1.54, 1.807) is 0 Å². The van der Waals surface area contributed by atoms with Gasteiger partial charge in [0.1, 0.15) is 0 Å². The van der Waals surface area contributed by atoms with Gasteiger partial charge < -0.3 is 10.3 Å². The molecule has 0 saturated carbocycles. The van der Waals surface area contributed by atoms with Crippen molar-refractivity contribution in [2.24, 2.45) is 5.73 Å². The summed E-state index contributed by atoms with van der Waals surface area (Å²) < 4.78 is 2.21. The topological polar surface area (TPSA) is 30.9 Å². The van der Waals surface area contributed by atoms with Gasteiger partial charge in [-0.2, -0.15) is 0 Å². The van der Waals surface area contributed by atoms with Gasteiger partial charge in [0.25, 0.3) is 0 Å². The molecule has 2 aromatic carbocycles. The first-order chi connectivity index (χ1) is 8.09. The highest BCUT2D eigenvalue weighted by Crippen LogP contribution is 2.31. The molecule has 2 nitrogen and oxygen atoms in total. The van der Waals surface area contributed by atoms with Crippen molar-refractivity contribution in [2.45, 2.75) is 19.5 Å². The zero-order chi connectivity index (χ0) is 12.0. The van der Waals surface area contributed by atoms with Gasteiger partial charge in [0.05, 0.1) is 16.7 Å². The number of para-hydroxylation sites is 2. The van der Waals surface area contributed by atoms with Crippen LogP contribution in [0.2, 0.25) is 0 Å². The minimum absolute atomic E-state index is 0.400. The van der Waals surface area contributed by atoms with Crippen LogP contribution in [0.25, 0.3) is 21.8 Å². The molecule has 0 fully saturated rings. The molecule has 2 heteroatoms. The Labute approximate surface area is 101 Å². The number of nitrogens with zero attached hydrogens (tertiary/aromatic N) is 1. The lowest BCUT2D eigenvalue weighted by molar-refractivity contribution is 0.396. The van der Waals surface area contributed by atoms with Gasteiger partial charge in [0.2, 0.25) is 0 Å². The number of aromatic nitrogens is 1. The smallest absolute Gasteiger partial charge is 0.0875 e. The maximum atomic E-state index is 6.30. The molecule has 0 saturated heterocycles. The summed E-state index contributed by atoms with van der Waals surface area (Å²) in [5.74, 6) is 0. The lowest BCUT2D eigenvalue weighted by atomic mass is 10.2. The van der Waals surface area contributed by atoms with Crippen molar-refractivity contribution in [1.82, 2.24) is 4.57 Å². The van der Waals surface area contributed by atoms with Gasteiger partial charge in [-0.1, -0.05) is 36.4 Å². The van der Waals surface area contributed by atoms with Crippen LogP contribution in [0.5, 0.6) is 0 Å². The molecule has 0 atom stereocenters. The SMILES string of the molecule is CC(C)(N)n1c2ccccc2c2ccccc21. The highest BCUT2D eigenvalue weighted by atomic mass is 15.1. The van der Waals surface area contributed by atoms with Crippen LogP contribution in [0.4, 0.5) is 0 Å². The lowest BCUT2D eigenvalue weighted by Gasteiger charge is -2.24. The van der Waals surface area contributed by atoms with Crippen LogP contribution in [0.1, 0.15) is 13.8 Å². The predicted molar refractivity (Wildman–Crippen MR) is 73.0 cm³/mol. The fourth-order valence-corrected chi connectivity index (χ4v) is 2.54. The Balaban J connectivity index is 2.60. The van der Waals surface area contributed by atoms with Crippen LogP contribution in [0.15, 0.2) is 48.5 Å². The molecule has 3 rings (SSSR count). The van der Waals surface area contributed by atoms with Crippen molar-refractivity contribution in [2.75, 3.05) is 0 Å². The minimum Gasteiger partial charge on any atom is -0.322 e. The fourth-order valence-electron chi connectivity index (χ4n) is 2.54. The van der Waals surface area contributed by atoms with Gasteiger partial charge >= 0.3 is 0 Å². The van der Waals surface area contributed by atoms with E-state index in [1.807, 2.05) is 13.8 Å². The van der Waals surface area contributed by atoms with Crippen LogP contribution in [-0.4, -0.2) is 4.57 Å². The molecule has 0 aliphatic rings. The lowest BCUT2D eigenvalue weighted by Crippen LogP contribution is -2.35. The molecule has 0 amide bonds. The summed E-state index contributed by atoms with van der Waals surface area (Å²) in [4.78, 5) is 0. The Kier molecular flexibility index (Phi) is 2.04. The summed E-state index contributed by atoms with van der Waals surface area (Å²) in [6.45, 7) is 4.07. The first kappa shape index (κ1) is 10.4. The molecule has 1 heterocycles. The first-order valence-corrected chi connectivity index (χ1v) is 5.86. The number of benzene rings is 2. The van der Waals surface area contributed by atoms with Crippen molar-refractivity contribution >= 4 is 21.8 Å². The Bertz CT molecular complexity index is 634. The second-order valence-corrected chi connectivity index (χ2v) is 5.02. The van der Waals surface area contributed by atoms with Crippen molar-refractivity contribution < 1.29 is 0 Å². The van der Waals surface area contributed by atoms with E-state index < -0.39 is 5.66 Å². The van der Waals surface area contributed by atoms with Gasteiger partial charge in [-0.25, -0.2) is 0 Å². The zero-order valence-corrected chi connectivity index (χ0v) is 10.1. The molecule has 0 aliphatic heterocycles. The summed E-state index contributed by atoms with van der Waals surface area (Å²) >= 11 is 0. The number of nitrogens with two attached hydrogens (primary N) is 1. The van der Waals surface area contributed by atoms with Gasteiger partial charge in [-0.05, 0) is 26.0 Å². The molecule has 1 aromatic heterocycles. The van der Waals surface area contributed by atoms with Gasteiger partial charge in [0, 0.05) is 10.8 Å². The van der Waals surface area contributed by atoms with Crippen LogP contribution < -0.4 is 5.73 Å². The van der Waals surface area contributed by atoms with E-state index in [4.69, 9.17) is 5.73 Å². The third kappa shape index (κ3) is 1.45. The number of hydrogen-bond acceptors (Lipinski definition) is 1. The summed E-state index contributed by atoms with van der Waals surface area (Å²) in [6.07, 6.45) is 0. The Morgan fingerprint density at radius 3 is 1.65 bits per heavy atom. The summed E-state index contributed by atoms with van der Waals surface area (Å²) in [6, 6.07) is 16.8. The normalized spacial score (nSPS) is 12.4. The maximum Gasteiger partial charge on any atom is 0.0875 e. The number of hydrogen-bond donors (Lipinski definition) is 1. The van der Waals surface area contributed by atoms with Gasteiger partial charge in [-0.15, -0.1) is 0 Å². The molecule has 0 aliphatic carbocycles. The van der Waals surface area contributed by atoms with Crippen molar-refractivity contribution in [3.8, 4) is 0 Å². The largest absolute Gasteiger partial charge is 0.322 e. The van der Waals surface area contributed by atoms with Crippen molar-refractivity contribution in [3.05, 3.63) is 48.5 Å². The Morgan fingerprint density at radius 1 is 0.824 bits per heavy atom. The van der Waals surface area contributed by atoms with Crippen molar-refractivity contribution in [3.63, 3.8) is 0 Å². The van der Waals surface area contributed by atoms with E-state index in [0.717, 1.165) is 0 Å². The van der Waals surface area contributed by atoms with E-state index >= 15 is 0 Å². The summed E-state index contributed by atoms with van der Waals surface area (Å²) in [7, 11) is 0. The molecule has 0 spiro atoms. The van der Waals surface area contributed by atoms with E-state index in [-0.39, 0.29) is 0 Å². The third-order valence-electron chi connectivity index (χ3n) is 3.16. The molecular weight excluding hydrogens is 208 g/mol. The molecular formula is C15H16N2. The van der Waals surface area contributed by atoms with Crippen molar-refractivity contribution in [1.29, 1.82) is 0 Å². The van der Waals surface area contributed by atoms with Crippen LogP contribution in [-0.2, 0) is 5.66 Å². The average Bonchev–Trinajstić information content (AvgIpc) is 2.63. The highest BCUT2D eigenvalue weighted by Gasteiger charge is 2.19. The summed E-state index contributed by atoms with van der Waals surface area (Å²) in [5.41, 5.74) is 8.29. The monoisotopic (exact) mass is 224 g/mol. The molecule has 0 bridgehead atoms. The molecule has 0 unspecified atom stereocenters. The second kappa shape index (κ2) is 3.34. The molecule has 0 radical (unpaired) electrons. The highest BCUT2D eigenvalue weighted by molar-refractivity contribution is 6.08. The second-order valence-electron chi connectivity index (χ2n) is 5.02. The zero-order valence-electron chi connectivity index (χ0n) is 10.1. The van der Waals surface area contributed by atoms with E-state index in [9.17, 15) is 0 Å². The summed E-state index contributed by atoms with van der Waals surface area (Å²) in [5, 5.41) is 2.53. The average molecular weight is 224 g/mol.